The van der Waals surface area contributed by atoms with Crippen molar-refractivity contribution in [3.63, 3.8) is 0 Å². The van der Waals surface area contributed by atoms with Crippen LogP contribution in [0.2, 0.25) is 0 Å². The SMILES string of the molecule is COc1c(-c2ccccc2)n(C)[n+](C)c1-c1ccccc1.[Br-]. The molecule has 0 bridgehead atoms. The first kappa shape index (κ1) is 16.3. The van der Waals surface area contributed by atoms with Crippen LogP contribution in [-0.4, -0.2) is 11.8 Å². The number of nitrogens with zero attached hydrogens (tertiary/aromatic N) is 2. The smallest absolute Gasteiger partial charge is 0.280 e. The molecule has 22 heavy (non-hydrogen) atoms. The van der Waals surface area contributed by atoms with Gasteiger partial charge in [0, 0.05) is 5.56 Å². The van der Waals surface area contributed by atoms with Gasteiger partial charge in [0.15, 0.2) is 12.7 Å². The van der Waals surface area contributed by atoms with Gasteiger partial charge < -0.3 is 21.7 Å². The maximum absolute atomic E-state index is 5.75. The fourth-order valence-corrected chi connectivity index (χ4v) is 2.73. The van der Waals surface area contributed by atoms with Crippen molar-refractivity contribution in [2.45, 2.75) is 0 Å². The minimum Gasteiger partial charge on any atom is -1.00 e. The highest BCUT2D eigenvalue weighted by atomic mass is 79.9. The van der Waals surface area contributed by atoms with Gasteiger partial charge in [-0.15, -0.1) is 4.68 Å². The summed E-state index contributed by atoms with van der Waals surface area (Å²) in [6.07, 6.45) is 0. The van der Waals surface area contributed by atoms with E-state index < -0.39 is 0 Å². The molecular formula is C18H19BrN2O. The van der Waals surface area contributed by atoms with E-state index in [0.717, 1.165) is 28.3 Å². The predicted molar refractivity (Wildman–Crippen MR) is 84.0 cm³/mol. The molecule has 1 aromatic heterocycles. The van der Waals surface area contributed by atoms with Crippen molar-refractivity contribution in [3.8, 4) is 28.3 Å². The Kier molecular flexibility index (Phi) is 5.03. The average Bonchev–Trinajstić information content (AvgIpc) is 2.80. The van der Waals surface area contributed by atoms with Crippen molar-refractivity contribution >= 4 is 0 Å². The van der Waals surface area contributed by atoms with Crippen LogP contribution in [-0.2, 0) is 14.1 Å². The first-order valence-corrected chi connectivity index (χ1v) is 6.98. The number of benzene rings is 2. The molecule has 0 radical (unpaired) electrons. The number of halogens is 1. The second-order valence-electron chi connectivity index (χ2n) is 5.01. The van der Waals surface area contributed by atoms with Crippen LogP contribution < -0.4 is 26.4 Å². The van der Waals surface area contributed by atoms with Crippen molar-refractivity contribution in [2.75, 3.05) is 7.11 Å². The van der Waals surface area contributed by atoms with E-state index in [0.29, 0.717) is 0 Å². The quantitative estimate of drug-likeness (QED) is 0.611. The molecule has 3 aromatic rings. The molecule has 0 aliphatic carbocycles. The second kappa shape index (κ2) is 6.79. The van der Waals surface area contributed by atoms with Crippen LogP contribution in [0.5, 0.6) is 5.75 Å². The third kappa shape index (κ3) is 2.66. The number of methoxy groups -OCH3 is 1. The van der Waals surface area contributed by atoms with E-state index >= 15 is 0 Å². The van der Waals surface area contributed by atoms with Gasteiger partial charge in [-0.25, -0.2) is 0 Å². The first-order valence-electron chi connectivity index (χ1n) is 6.98. The minimum absolute atomic E-state index is 0. The van der Waals surface area contributed by atoms with Crippen molar-refractivity contribution in [1.82, 2.24) is 4.68 Å². The zero-order valence-corrected chi connectivity index (χ0v) is 14.5. The van der Waals surface area contributed by atoms with Crippen LogP contribution in [0.1, 0.15) is 0 Å². The summed E-state index contributed by atoms with van der Waals surface area (Å²) in [6.45, 7) is 0. The summed E-state index contributed by atoms with van der Waals surface area (Å²) in [5.74, 6) is 0.900. The molecule has 0 fully saturated rings. The maximum Gasteiger partial charge on any atom is 0.280 e. The average molecular weight is 359 g/mol. The fourth-order valence-electron chi connectivity index (χ4n) is 2.73. The lowest BCUT2D eigenvalue weighted by molar-refractivity contribution is -0.740. The van der Waals surface area contributed by atoms with Crippen molar-refractivity contribution < 1.29 is 26.4 Å². The highest BCUT2D eigenvalue weighted by molar-refractivity contribution is 5.76. The molecule has 0 spiro atoms. The van der Waals surface area contributed by atoms with E-state index in [1.54, 1.807) is 7.11 Å². The molecule has 1 heterocycles. The zero-order chi connectivity index (χ0) is 14.8. The summed E-state index contributed by atoms with van der Waals surface area (Å²) in [6, 6.07) is 20.6. The highest BCUT2D eigenvalue weighted by Crippen LogP contribution is 2.36. The normalized spacial score (nSPS) is 10.1. The Morgan fingerprint density at radius 1 is 0.864 bits per heavy atom. The predicted octanol–water partition coefficient (Wildman–Crippen LogP) is 0.196. The molecule has 0 atom stereocenters. The van der Waals surface area contributed by atoms with Gasteiger partial charge in [0.25, 0.3) is 5.69 Å². The van der Waals surface area contributed by atoms with Gasteiger partial charge in [-0.1, -0.05) is 48.5 Å². The topological polar surface area (TPSA) is 18.0 Å². The lowest BCUT2D eigenvalue weighted by Gasteiger charge is -2.02. The van der Waals surface area contributed by atoms with E-state index in [4.69, 9.17) is 4.74 Å². The molecule has 0 saturated carbocycles. The molecule has 0 N–H and O–H groups in total. The van der Waals surface area contributed by atoms with Crippen LogP contribution in [0.15, 0.2) is 60.7 Å². The summed E-state index contributed by atoms with van der Waals surface area (Å²) in [7, 11) is 5.84. The lowest BCUT2D eigenvalue weighted by Crippen LogP contribution is -3.00. The minimum atomic E-state index is 0. The molecule has 4 heteroatoms. The molecule has 3 rings (SSSR count). The van der Waals surface area contributed by atoms with E-state index in [1.807, 2.05) is 36.4 Å². The molecule has 3 nitrogen and oxygen atoms in total. The van der Waals surface area contributed by atoms with Gasteiger partial charge in [0.1, 0.15) is 0 Å². The molecule has 0 unspecified atom stereocenters. The van der Waals surface area contributed by atoms with Gasteiger partial charge in [-0.2, -0.15) is 4.68 Å². The number of aromatic nitrogens is 2. The molecule has 0 aliphatic rings. The van der Waals surface area contributed by atoms with Gasteiger partial charge in [-0.05, 0) is 12.1 Å². The zero-order valence-electron chi connectivity index (χ0n) is 13.0. The molecular weight excluding hydrogens is 340 g/mol. The Balaban J connectivity index is 0.00000176. The summed E-state index contributed by atoms with van der Waals surface area (Å²) in [5, 5.41) is 0. The Labute approximate surface area is 141 Å². The molecule has 0 amide bonds. The van der Waals surface area contributed by atoms with Gasteiger partial charge in [0.05, 0.1) is 19.7 Å². The van der Waals surface area contributed by atoms with Crippen molar-refractivity contribution in [3.05, 3.63) is 60.7 Å². The van der Waals surface area contributed by atoms with Crippen molar-refractivity contribution in [1.29, 1.82) is 0 Å². The maximum atomic E-state index is 5.75. The Morgan fingerprint density at radius 2 is 1.36 bits per heavy atom. The molecule has 2 aromatic carbocycles. The Hall–Kier alpha value is -2.07. The largest absolute Gasteiger partial charge is 1.00 e. The van der Waals surface area contributed by atoms with Crippen LogP contribution in [0.25, 0.3) is 22.5 Å². The van der Waals surface area contributed by atoms with Gasteiger partial charge >= 0.3 is 0 Å². The molecule has 0 saturated heterocycles. The van der Waals surface area contributed by atoms with Crippen LogP contribution in [0, 0.1) is 0 Å². The van der Waals surface area contributed by atoms with Crippen molar-refractivity contribution in [2.24, 2.45) is 14.1 Å². The summed E-state index contributed by atoms with van der Waals surface area (Å²) < 4.78 is 9.99. The van der Waals surface area contributed by atoms with Crippen LogP contribution in [0.4, 0.5) is 0 Å². The third-order valence-corrected chi connectivity index (χ3v) is 3.83. The first-order chi connectivity index (χ1) is 10.2. The Bertz CT molecular complexity index is 689. The second-order valence-corrected chi connectivity index (χ2v) is 5.01. The van der Waals surface area contributed by atoms with Crippen LogP contribution >= 0.6 is 0 Å². The lowest BCUT2D eigenvalue weighted by atomic mass is 10.1. The number of rotatable bonds is 3. The van der Waals surface area contributed by atoms with E-state index in [1.165, 1.54) is 0 Å². The van der Waals surface area contributed by atoms with E-state index in [-0.39, 0.29) is 17.0 Å². The van der Waals surface area contributed by atoms with E-state index in [2.05, 4.69) is 47.7 Å². The standard InChI is InChI=1S/C18H19N2O.BrH/c1-19-16(14-10-6-4-7-11-14)18(21-3)17(20(19)2)15-12-8-5-9-13-15;/h4-13H,1-3H3;1H/q+1;/p-1. The van der Waals surface area contributed by atoms with Gasteiger partial charge in [-0.3, -0.25) is 0 Å². The molecule has 0 aliphatic heterocycles. The summed E-state index contributed by atoms with van der Waals surface area (Å²) in [4.78, 5) is 0. The third-order valence-electron chi connectivity index (χ3n) is 3.83. The summed E-state index contributed by atoms with van der Waals surface area (Å²) >= 11 is 0. The monoisotopic (exact) mass is 358 g/mol. The van der Waals surface area contributed by atoms with Crippen LogP contribution in [0.3, 0.4) is 0 Å². The summed E-state index contributed by atoms with van der Waals surface area (Å²) in [5.41, 5.74) is 4.46. The van der Waals surface area contributed by atoms with E-state index in [9.17, 15) is 0 Å². The highest BCUT2D eigenvalue weighted by Gasteiger charge is 2.29. The number of hydrogen-bond donors (Lipinski definition) is 0. The fraction of sp³-hybridized carbons (Fsp3) is 0.167. The number of ether oxygens (including phenoxy) is 1. The Morgan fingerprint density at radius 3 is 1.86 bits per heavy atom. The number of hydrogen-bond acceptors (Lipinski definition) is 1. The molecule has 114 valence electrons. The van der Waals surface area contributed by atoms with Gasteiger partial charge in [0.2, 0.25) is 5.75 Å².